The van der Waals surface area contributed by atoms with Gasteiger partial charge >= 0.3 is 6.09 Å². The van der Waals surface area contributed by atoms with Crippen LogP contribution in [-0.4, -0.2) is 36.6 Å². The average Bonchev–Trinajstić information content (AvgIpc) is 2.81. The first-order valence-corrected chi connectivity index (χ1v) is 6.78. The van der Waals surface area contributed by atoms with Crippen molar-refractivity contribution in [3.63, 3.8) is 0 Å². The maximum Gasteiger partial charge on any atom is 0.430 e. The van der Waals surface area contributed by atoms with Crippen LogP contribution in [0.25, 0.3) is 0 Å². The van der Waals surface area contributed by atoms with Crippen LogP contribution in [-0.2, 0) is 16.1 Å². The van der Waals surface area contributed by atoms with Crippen molar-refractivity contribution < 1.29 is 14.3 Å². The summed E-state index contributed by atoms with van der Waals surface area (Å²) in [5.41, 5.74) is 1.11. The molecule has 0 aromatic heterocycles. The van der Waals surface area contributed by atoms with Crippen molar-refractivity contribution in [3.8, 4) is 0 Å². The van der Waals surface area contributed by atoms with Gasteiger partial charge in [-0.05, 0) is 11.5 Å². The summed E-state index contributed by atoms with van der Waals surface area (Å²) in [7, 11) is 0. The Morgan fingerprint density at radius 2 is 2.20 bits per heavy atom. The summed E-state index contributed by atoms with van der Waals surface area (Å²) in [6.07, 6.45) is 1.22. The molecule has 0 aliphatic carbocycles. The van der Waals surface area contributed by atoms with E-state index in [1.54, 1.807) is 6.21 Å². The molecule has 108 valence electrons. The number of rotatable bonds is 6. The molecule has 1 aromatic rings. The minimum Gasteiger partial charge on any atom is -0.446 e. The number of carbonyl (C=O) groups is 1. The Bertz CT molecular complexity index is 459. The summed E-state index contributed by atoms with van der Waals surface area (Å²) < 4.78 is 10.5. The number of carbonyl (C=O) groups excluding carboxylic acids is 1. The second-order valence-corrected chi connectivity index (χ2v) is 5.03. The number of nitrogens with zero attached hydrogens (tertiary/aromatic N) is 2. The molecule has 0 radical (unpaired) electrons. The van der Waals surface area contributed by atoms with E-state index in [0.29, 0.717) is 25.7 Å². The Labute approximate surface area is 119 Å². The van der Waals surface area contributed by atoms with Crippen molar-refractivity contribution in [2.24, 2.45) is 11.0 Å². The van der Waals surface area contributed by atoms with Crippen molar-refractivity contribution >= 4 is 12.3 Å². The van der Waals surface area contributed by atoms with Crippen LogP contribution in [0, 0.1) is 5.92 Å². The van der Waals surface area contributed by atoms with Crippen molar-refractivity contribution in [1.82, 2.24) is 5.01 Å². The predicted octanol–water partition coefficient (Wildman–Crippen LogP) is 2.67. The summed E-state index contributed by atoms with van der Waals surface area (Å²) in [6.45, 7) is 5.38. The number of ether oxygens (including phenoxy) is 2. The lowest BCUT2D eigenvalue weighted by atomic mass is 10.1. The van der Waals surface area contributed by atoms with Crippen LogP contribution in [0.5, 0.6) is 0 Å². The number of hydrazone groups is 1. The zero-order chi connectivity index (χ0) is 14.4. The van der Waals surface area contributed by atoms with Crippen molar-refractivity contribution in [1.29, 1.82) is 0 Å². The molecule has 0 bridgehead atoms. The molecule has 1 aliphatic rings. The lowest BCUT2D eigenvalue weighted by Crippen LogP contribution is -2.33. The molecule has 1 heterocycles. The molecule has 0 saturated carbocycles. The van der Waals surface area contributed by atoms with Gasteiger partial charge in [-0.1, -0.05) is 44.2 Å². The van der Waals surface area contributed by atoms with Crippen LogP contribution >= 0.6 is 0 Å². The highest BCUT2D eigenvalue weighted by Gasteiger charge is 2.34. The van der Waals surface area contributed by atoms with E-state index in [9.17, 15) is 4.79 Å². The van der Waals surface area contributed by atoms with Gasteiger partial charge in [0, 0.05) is 0 Å². The molecule has 1 saturated heterocycles. The first-order chi connectivity index (χ1) is 9.68. The van der Waals surface area contributed by atoms with E-state index >= 15 is 0 Å². The van der Waals surface area contributed by atoms with E-state index < -0.39 is 0 Å². The Morgan fingerprint density at radius 3 is 2.90 bits per heavy atom. The van der Waals surface area contributed by atoms with E-state index in [0.717, 1.165) is 5.56 Å². The highest BCUT2D eigenvalue weighted by Crippen LogP contribution is 2.19. The molecule has 0 spiro atoms. The fourth-order valence-corrected chi connectivity index (χ4v) is 1.96. The zero-order valence-corrected chi connectivity index (χ0v) is 11.9. The molecule has 2 rings (SSSR count). The second kappa shape index (κ2) is 7.05. The van der Waals surface area contributed by atoms with Gasteiger partial charge in [-0.25, -0.2) is 4.79 Å². The number of cyclic esters (lactones) is 1. The number of hydrogen-bond donors (Lipinski definition) is 0. The van der Waals surface area contributed by atoms with Crippen LogP contribution in [0.3, 0.4) is 0 Å². The van der Waals surface area contributed by atoms with Crippen molar-refractivity contribution in [3.05, 3.63) is 35.9 Å². The van der Waals surface area contributed by atoms with Gasteiger partial charge in [0.1, 0.15) is 6.61 Å². The predicted molar refractivity (Wildman–Crippen MR) is 76.4 cm³/mol. The zero-order valence-electron chi connectivity index (χ0n) is 11.9. The fraction of sp³-hybridized carbons (Fsp3) is 0.467. The SMILES string of the molecule is CC(C)[C@H]1COC(=O)N1/N=C/COCc1ccccc1. The minimum atomic E-state index is -0.386. The highest BCUT2D eigenvalue weighted by atomic mass is 16.6. The van der Waals surface area contributed by atoms with Gasteiger partial charge in [-0.3, -0.25) is 0 Å². The van der Waals surface area contributed by atoms with Gasteiger partial charge in [0.05, 0.1) is 25.5 Å². The Morgan fingerprint density at radius 1 is 1.45 bits per heavy atom. The molecule has 1 atom stereocenters. The Kier molecular flexibility index (Phi) is 5.12. The summed E-state index contributed by atoms with van der Waals surface area (Å²) in [6, 6.07) is 9.93. The molecule has 1 fully saturated rings. The van der Waals surface area contributed by atoms with Gasteiger partial charge in [-0.15, -0.1) is 0 Å². The minimum absolute atomic E-state index is 0.00729. The molecule has 0 N–H and O–H groups in total. The molecule has 20 heavy (non-hydrogen) atoms. The largest absolute Gasteiger partial charge is 0.446 e. The average molecular weight is 276 g/mol. The lowest BCUT2D eigenvalue weighted by Gasteiger charge is -2.18. The molecule has 1 amide bonds. The standard InChI is InChI=1S/C15H20N2O3/c1-12(2)14-11-20-15(18)17(14)16-8-9-19-10-13-6-4-3-5-7-13/h3-8,12,14H,9-11H2,1-2H3/b16-8+/t14-/m1/s1. The van der Waals surface area contributed by atoms with Crippen LogP contribution < -0.4 is 0 Å². The fourth-order valence-electron chi connectivity index (χ4n) is 1.96. The van der Waals surface area contributed by atoms with E-state index in [4.69, 9.17) is 9.47 Å². The highest BCUT2D eigenvalue weighted by molar-refractivity contribution is 5.71. The molecule has 5 nitrogen and oxygen atoms in total. The topological polar surface area (TPSA) is 51.1 Å². The first-order valence-electron chi connectivity index (χ1n) is 6.78. The number of benzene rings is 1. The summed E-state index contributed by atoms with van der Waals surface area (Å²) in [5, 5.41) is 5.55. The molecular weight excluding hydrogens is 256 g/mol. The summed E-state index contributed by atoms with van der Waals surface area (Å²) in [5.74, 6) is 0.309. The van der Waals surface area contributed by atoms with Crippen LogP contribution in [0.1, 0.15) is 19.4 Å². The third-order valence-corrected chi connectivity index (χ3v) is 3.16. The van der Waals surface area contributed by atoms with Crippen molar-refractivity contribution in [2.75, 3.05) is 13.2 Å². The van der Waals surface area contributed by atoms with Crippen molar-refractivity contribution in [2.45, 2.75) is 26.5 Å². The summed E-state index contributed by atoms with van der Waals surface area (Å²) >= 11 is 0. The number of hydrogen-bond acceptors (Lipinski definition) is 4. The Balaban J connectivity index is 1.77. The molecule has 1 aliphatic heterocycles. The van der Waals surface area contributed by atoms with Gasteiger partial charge in [0.2, 0.25) is 0 Å². The lowest BCUT2D eigenvalue weighted by molar-refractivity contribution is 0.152. The van der Waals surface area contributed by atoms with Gasteiger partial charge in [0.15, 0.2) is 0 Å². The molecular formula is C15H20N2O3. The normalized spacial score (nSPS) is 19.1. The van der Waals surface area contributed by atoms with E-state index in [1.807, 2.05) is 44.2 Å². The first kappa shape index (κ1) is 14.5. The van der Waals surface area contributed by atoms with E-state index in [2.05, 4.69) is 5.10 Å². The Hall–Kier alpha value is -1.88. The number of amides is 1. The smallest absolute Gasteiger partial charge is 0.430 e. The van der Waals surface area contributed by atoms with Crippen LogP contribution in [0.4, 0.5) is 4.79 Å². The summed E-state index contributed by atoms with van der Waals surface area (Å²) in [4.78, 5) is 11.5. The van der Waals surface area contributed by atoms with Crippen LogP contribution in [0.2, 0.25) is 0 Å². The third-order valence-electron chi connectivity index (χ3n) is 3.16. The molecule has 1 aromatic carbocycles. The third kappa shape index (κ3) is 3.81. The monoisotopic (exact) mass is 276 g/mol. The van der Waals surface area contributed by atoms with Gasteiger partial charge in [0.25, 0.3) is 0 Å². The maximum absolute atomic E-state index is 11.5. The molecule has 0 unspecified atom stereocenters. The second-order valence-electron chi connectivity index (χ2n) is 5.03. The van der Waals surface area contributed by atoms with E-state index in [1.165, 1.54) is 5.01 Å². The quantitative estimate of drug-likeness (QED) is 0.593. The maximum atomic E-state index is 11.5. The van der Waals surface area contributed by atoms with Gasteiger partial charge < -0.3 is 9.47 Å². The van der Waals surface area contributed by atoms with Crippen LogP contribution in [0.15, 0.2) is 35.4 Å². The van der Waals surface area contributed by atoms with E-state index in [-0.39, 0.29) is 12.1 Å². The van der Waals surface area contributed by atoms with Gasteiger partial charge in [-0.2, -0.15) is 10.1 Å². The molecule has 5 heteroatoms.